The number of nitrogens with zero attached hydrogens (tertiary/aromatic N) is 3. The van der Waals surface area contributed by atoms with Crippen LogP contribution in [0.2, 0.25) is 0 Å². The van der Waals surface area contributed by atoms with Crippen molar-refractivity contribution in [3.05, 3.63) is 42.1 Å². The molecule has 3 rings (SSSR count). The van der Waals surface area contributed by atoms with E-state index in [1.807, 2.05) is 24.2 Å². The van der Waals surface area contributed by atoms with Crippen LogP contribution in [-0.2, 0) is 7.05 Å². The second-order valence-electron chi connectivity index (χ2n) is 5.26. The summed E-state index contributed by atoms with van der Waals surface area (Å²) in [6.45, 7) is 0.765. The fourth-order valence-corrected chi connectivity index (χ4v) is 2.81. The smallest absolute Gasteiger partial charge is 0.290 e. The van der Waals surface area contributed by atoms with E-state index < -0.39 is 0 Å². The quantitative estimate of drug-likeness (QED) is 0.845. The number of furan rings is 1. The topological polar surface area (TPSA) is 51.3 Å². The SMILES string of the molecule is Cn1ccc(C2CCCCCN2C(=O)c2ccco2)n1. The third-order valence-electron chi connectivity index (χ3n) is 3.82. The maximum absolute atomic E-state index is 12.6. The first-order chi connectivity index (χ1) is 9.75. The Labute approximate surface area is 118 Å². The standard InChI is InChI=1S/C15H19N3O2/c1-17-10-8-12(16-17)13-6-3-2-4-9-18(13)15(19)14-7-5-11-20-14/h5,7-8,10-11,13H,2-4,6,9H2,1H3. The molecule has 1 atom stereocenters. The lowest BCUT2D eigenvalue weighted by Gasteiger charge is -2.28. The first-order valence-electron chi connectivity index (χ1n) is 7.10. The van der Waals surface area contributed by atoms with Crippen molar-refractivity contribution in [3.63, 3.8) is 0 Å². The number of carbonyl (C=O) groups is 1. The number of aryl methyl sites for hydroxylation is 1. The molecule has 0 saturated carbocycles. The Bertz CT molecular complexity index is 574. The van der Waals surface area contributed by atoms with Crippen molar-refractivity contribution in [2.45, 2.75) is 31.7 Å². The molecule has 2 aromatic rings. The van der Waals surface area contributed by atoms with Crippen LogP contribution in [0.4, 0.5) is 0 Å². The summed E-state index contributed by atoms with van der Waals surface area (Å²) in [6, 6.07) is 5.53. The van der Waals surface area contributed by atoms with Gasteiger partial charge in [-0.3, -0.25) is 9.48 Å². The third kappa shape index (κ3) is 2.48. The number of hydrogen-bond acceptors (Lipinski definition) is 3. The normalized spacial score (nSPS) is 19.9. The molecular formula is C15H19N3O2. The van der Waals surface area contributed by atoms with Crippen molar-refractivity contribution in [2.24, 2.45) is 7.05 Å². The van der Waals surface area contributed by atoms with Crippen LogP contribution in [-0.4, -0.2) is 27.1 Å². The number of likely N-dealkylation sites (tertiary alicyclic amines) is 1. The van der Waals surface area contributed by atoms with Gasteiger partial charge in [-0.2, -0.15) is 5.10 Å². The van der Waals surface area contributed by atoms with Gasteiger partial charge in [0.15, 0.2) is 5.76 Å². The van der Waals surface area contributed by atoms with Crippen LogP contribution in [0.3, 0.4) is 0 Å². The summed E-state index contributed by atoms with van der Waals surface area (Å²) >= 11 is 0. The molecule has 106 valence electrons. The van der Waals surface area contributed by atoms with Crippen molar-refractivity contribution < 1.29 is 9.21 Å². The summed E-state index contributed by atoms with van der Waals surface area (Å²) in [4.78, 5) is 14.5. The Balaban J connectivity index is 1.89. The predicted molar refractivity (Wildman–Crippen MR) is 74.2 cm³/mol. The molecule has 0 bridgehead atoms. The van der Waals surface area contributed by atoms with Crippen LogP contribution in [0.25, 0.3) is 0 Å². The highest BCUT2D eigenvalue weighted by Gasteiger charge is 2.30. The maximum atomic E-state index is 12.6. The first-order valence-corrected chi connectivity index (χ1v) is 7.10. The minimum absolute atomic E-state index is 0.0347. The molecule has 0 aromatic carbocycles. The van der Waals surface area contributed by atoms with Gasteiger partial charge in [0.1, 0.15) is 0 Å². The summed E-state index contributed by atoms with van der Waals surface area (Å²) in [7, 11) is 1.90. The van der Waals surface area contributed by atoms with Gasteiger partial charge in [-0.25, -0.2) is 0 Å². The molecule has 20 heavy (non-hydrogen) atoms. The number of aromatic nitrogens is 2. The largest absolute Gasteiger partial charge is 0.459 e. The van der Waals surface area contributed by atoms with E-state index in [-0.39, 0.29) is 11.9 Å². The zero-order valence-corrected chi connectivity index (χ0v) is 11.7. The molecular weight excluding hydrogens is 254 g/mol. The minimum Gasteiger partial charge on any atom is -0.459 e. The van der Waals surface area contributed by atoms with Crippen molar-refractivity contribution in [2.75, 3.05) is 6.54 Å². The van der Waals surface area contributed by atoms with Crippen LogP contribution < -0.4 is 0 Å². The van der Waals surface area contributed by atoms with Crippen LogP contribution in [0.1, 0.15) is 48.0 Å². The molecule has 0 radical (unpaired) electrons. The lowest BCUT2D eigenvalue weighted by molar-refractivity contribution is 0.0643. The number of hydrogen-bond donors (Lipinski definition) is 0. The van der Waals surface area contributed by atoms with E-state index in [4.69, 9.17) is 4.42 Å². The van der Waals surface area contributed by atoms with Crippen LogP contribution in [0, 0.1) is 0 Å². The van der Waals surface area contributed by atoms with Gasteiger partial charge < -0.3 is 9.32 Å². The van der Waals surface area contributed by atoms with Gasteiger partial charge >= 0.3 is 0 Å². The van der Waals surface area contributed by atoms with E-state index in [2.05, 4.69) is 5.10 Å². The molecule has 0 N–H and O–H groups in total. The molecule has 2 aromatic heterocycles. The molecule has 1 unspecified atom stereocenters. The summed E-state index contributed by atoms with van der Waals surface area (Å²) in [5, 5.41) is 4.48. The molecule has 1 fully saturated rings. The lowest BCUT2D eigenvalue weighted by Crippen LogP contribution is -2.34. The Morgan fingerprint density at radius 1 is 1.35 bits per heavy atom. The fraction of sp³-hybridized carbons (Fsp3) is 0.467. The number of rotatable bonds is 2. The average Bonchev–Trinajstić information content (AvgIpc) is 3.05. The van der Waals surface area contributed by atoms with E-state index >= 15 is 0 Å². The molecule has 1 aliphatic heterocycles. The Morgan fingerprint density at radius 2 is 2.25 bits per heavy atom. The van der Waals surface area contributed by atoms with E-state index in [0.29, 0.717) is 5.76 Å². The van der Waals surface area contributed by atoms with Gasteiger partial charge in [-0.1, -0.05) is 12.8 Å². The predicted octanol–water partition coefficient (Wildman–Crippen LogP) is 2.77. The molecule has 1 aliphatic rings. The second kappa shape index (κ2) is 5.53. The van der Waals surface area contributed by atoms with Crippen molar-refractivity contribution in [3.8, 4) is 0 Å². The highest BCUT2D eigenvalue weighted by molar-refractivity contribution is 5.91. The lowest BCUT2D eigenvalue weighted by atomic mass is 10.1. The highest BCUT2D eigenvalue weighted by atomic mass is 16.3. The van der Waals surface area contributed by atoms with Crippen molar-refractivity contribution in [1.29, 1.82) is 0 Å². The van der Waals surface area contributed by atoms with E-state index in [9.17, 15) is 4.79 Å². The summed E-state index contributed by atoms with van der Waals surface area (Å²) < 4.78 is 7.05. The third-order valence-corrected chi connectivity index (χ3v) is 3.82. The van der Waals surface area contributed by atoms with Gasteiger partial charge in [-0.05, 0) is 31.0 Å². The summed E-state index contributed by atoms with van der Waals surface area (Å²) in [5.41, 5.74) is 0.967. The van der Waals surface area contributed by atoms with Crippen molar-refractivity contribution >= 4 is 5.91 Å². The van der Waals surface area contributed by atoms with Crippen LogP contribution in [0.5, 0.6) is 0 Å². The molecule has 0 spiro atoms. The monoisotopic (exact) mass is 273 g/mol. The van der Waals surface area contributed by atoms with E-state index in [1.165, 1.54) is 0 Å². The zero-order valence-electron chi connectivity index (χ0n) is 11.7. The van der Waals surface area contributed by atoms with Gasteiger partial charge in [0.25, 0.3) is 5.91 Å². The molecule has 1 amide bonds. The van der Waals surface area contributed by atoms with Gasteiger partial charge in [0, 0.05) is 19.8 Å². The summed E-state index contributed by atoms with van der Waals surface area (Å²) in [5.74, 6) is 0.375. The summed E-state index contributed by atoms with van der Waals surface area (Å²) in [6.07, 6.45) is 7.75. The average molecular weight is 273 g/mol. The maximum Gasteiger partial charge on any atom is 0.290 e. The molecule has 1 saturated heterocycles. The van der Waals surface area contributed by atoms with Gasteiger partial charge in [0.05, 0.1) is 18.0 Å². The zero-order chi connectivity index (χ0) is 13.9. The van der Waals surface area contributed by atoms with Gasteiger partial charge in [0.2, 0.25) is 0 Å². The van der Waals surface area contributed by atoms with E-state index in [0.717, 1.165) is 37.9 Å². The van der Waals surface area contributed by atoms with E-state index in [1.54, 1.807) is 23.1 Å². The van der Waals surface area contributed by atoms with Crippen LogP contribution in [0.15, 0.2) is 35.1 Å². The Kier molecular flexibility index (Phi) is 3.58. The fourth-order valence-electron chi connectivity index (χ4n) is 2.81. The molecule has 0 aliphatic carbocycles. The molecule has 5 heteroatoms. The van der Waals surface area contributed by atoms with Crippen LogP contribution >= 0.6 is 0 Å². The molecule has 5 nitrogen and oxygen atoms in total. The Hall–Kier alpha value is -2.04. The second-order valence-corrected chi connectivity index (χ2v) is 5.26. The van der Waals surface area contributed by atoms with Gasteiger partial charge in [-0.15, -0.1) is 0 Å². The highest BCUT2D eigenvalue weighted by Crippen LogP contribution is 2.30. The number of carbonyl (C=O) groups excluding carboxylic acids is 1. The molecule has 3 heterocycles. The number of amides is 1. The van der Waals surface area contributed by atoms with Crippen molar-refractivity contribution in [1.82, 2.24) is 14.7 Å². The minimum atomic E-state index is -0.0347. The Morgan fingerprint density at radius 3 is 2.95 bits per heavy atom. The first kappa shape index (κ1) is 13.0.